The van der Waals surface area contributed by atoms with Gasteiger partial charge in [0.05, 0.1) is 0 Å². The maximum atomic E-state index is 12.3. The van der Waals surface area contributed by atoms with E-state index in [9.17, 15) is 14.7 Å². The predicted molar refractivity (Wildman–Crippen MR) is 63.4 cm³/mol. The van der Waals surface area contributed by atoms with E-state index < -0.39 is 12.0 Å². The van der Waals surface area contributed by atoms with Gasteiger partial charge in [-0.25, -0.2) is 4.79 Å². The van der Waals surface area contributed by atoms with Crippen LogP contribution in [-0.2, 0) is 9.59 Å². The van der Waals surface area contributed by atoms with E-state index in [1.165, 1.54) is 0 Å². The molecule has 4 nitrogen and oxygen atoms in total. The maximum Gasteiger partial charge on any atom is 0.326 e. The Morgan fingerprint density at radius 2 is 2.06 bits per heavy atom. The molecular formula is C13H19NO3. The largest absolute Gasteiger partial charge is 0.480 e. The number of carboxylic acids is 1. The highest BCUT2D eigenvalue weighted by Crippen LogP contribution is 2.29. The van der Waals surface area contributed by atoms with Gasteiger partial charge in [-0.05, 0) is 31.6 Å². The zero-order chi connectivity index (χ0) is 12.4. The van der Waals surface area contributed by atoms with E-state index in [0.717, 1.165) is 25.7 Å². The van der Waals surface area contributed by atoms with E-state index in [2.05, 4.69) is 6.08 Å². The first-order valence-corrected chi connectivity index (χ1v) is 6.29. The minimum atomic E-state index is -0.866. The molecule has 1 heterocycles. The molecule has 17 heavy (non-hydrogen) atoms. The van der Waals surface area contributed by atoms with Crippen molar-refractivity contribution in [1.82, 2.24) is 4.90 Å². The molecule has 0 bridgehead atoms. The summed E-state index contributed by atoms with van der Waals surface area (Å²) in [6, 6.07) is -0.617. The van der Waals surface area contributed by atoms with E-state index in [0.29, 0.717) is 6.54 Å². The highest BCUT2D eigenvalue weighted by Gasteiger charge is 2.41. The van der Waals surface area contributed by atoms with Crippen molar-refractivity contribution in [1.29, 1.82) is 0 Å². The Morgan fingerprint density at radius 1 is 1.29 bits per heavy atom. The Kier molecular flexibility index (Phi) is 3.50. The Bertz CT molecular complexity index is 351. The zero-order valence-electron chi connectivity index (χ0n) is 10.1. The summed E-state index contributed by atoms with van der Waals surface area (Å²) in [6.07, 6.45) is 7.46. The second-order valence-corrected chi connectivity index (χ2v) is 5.06. The lowest BCUT2D eigenvalue weighted by Gasteiger charge is -2.28. The summed E-state index contributed by atoms with van der Waals surface area (Å²) >= 11 is 0. The highest BCUT2D eigenvalue weighted by atomic mass is 16.4. The van der Waals surface area contributed by atoms with Crippen molar-refractivity contribution in [2.24, 2.45) is 11.8 Å². The molecule has 1 saturated heterocycles. The molecule has 1 N–H and O–H groups in total. The van der Waals surface area contributed by atoms with Crippen LogP contribution in [0, 0.1) is 11.8 Å². The Morgan fingerprint density at radius 3 is 2.65 bits per heavy atom. The molecule has 0 aromatic carbocycles. The monoisotopic (exact) mass is 237 g/mol. The normalized spacial score (nSPS) is 32.8. The van der Waals surface area contributed by atoms with Crippen LogP contribution in [0.15, 0.2) is 12.2 Å². The first-order valence-electron chi connectivity index (χ1n) is 6.29. The fourth-order valence-electron chi connectivity index (χ4n) is 2.82. The molecule has 0 radical (unpaired) electrons. The number of aliphatic carboxylic acids is 1. The molecule has 4 heteroatoms. The molecule has 1 aliphatic carbocycles. The number of hydrogen-bond acceptors (Lipinski definition) is 2. The van der Waals surface area contributed by atoms with Gasteiger partial charge >= 0.3 is 5.97 Å². The third-order valence-corrected chi connectivity index (χ3v) is 3.85. The van der Waals surface area contributed by atoms with Gasteiger partial charge in [-0.15, -0.1) is 0 Å². The van der Waals surface area contributed by atoms with Gasteiger partial charge in [0, 0.05) is 12.5 Å². The van der Waals surface area contributed by atoms with Crippen LogP contribution < -0.4 is 0 Å². The molecule has 0 aromatic heterocycles. The molecular weight excluding hydrogens is 218 g/mol. The van der Waals surface area contributed by atoms with Crippen molar-refractivity contribution in [2.75, 3.05) is 6.54 Å². The molecule has 94 valence electrons. The van der Waals surface area contributed by atoms with E-state index in [1.807, 2.05) is 13.0 Å². The van der Waals surface area contributed by atoms with Gasteiger partial charge in [0.1, 0.15) is 6.04 Å². The second kappa shape index (κ2) is 4.90. The average molecular weight is 237 g/mol. The van der Waals surface area contributed by atoms with Gasteiger partial charge in [0.15, 0.2) is 0 Å². The summed E-state index contributed by atoms with van der Waals surface area (Å²) < 4.78 is 0. The van der Waals surface area contributed by atoms with Gasteiger partial charge in [-0.3, -0.25) is 4.79 Å². The lowest BCUT2D eigenvalue weighted by atomic mass is 9.92. The van der Waals surface area contributed by atoms with Crippen LogP contribution in [0.4, 0.5) is 0 Å². The molecule has 0 aromatic rings. The van der Waals surface area contributed by atoms with Crippen LogP contribution in [0.5, 0.6) is 0 Å². The number of likely N-dealkylation sites (tertiary alicyclic amines) is 1. The summed E-state index contributed by atoms with van der Waals surface area (Å²) in [5.41, 5.74) is 0. The minimum absolute atomic E-state index is 0.00727. The topological polar surface area (TPSA) is 57.6 Å². The highest BCUT2D eigenvalue weighted by molar-refractivity contribution is 5.86. The zero-order valence-corrected chi connectivity index (χ0v) is 10.1. The molecule has 2 aliphatic rings. The van der Waals surface area contributed by atoms with E-state index >= 15 is 0 Å². The summed E-state index contributed by atoms with van der Waals surface area (Å²) in [6.45, 7) is 2.50. The van der Waals surface area contributed by atoms with Crippen LogP contribution in [0.1, 0.15) is 32.6 Å². The van der Waals surface area contributed by atoms with Crippen molar-refractivity contribution >= 4 is 11.9 Å². The number of allylic oxidation sites excluding steroid dienone is 2. The number of nitrogens with zero attached hydrogens (tertiary/aromatic N) is 1. The van der Waals surface area contributed by atoms with E-state index in [4.69, 9.17) is 0 Å². The SMILES string of the molecule is CC1CCN(C(=O)C2CC=CCC2)C1C(=O)O. The standard InChI is InChI=1S/C13H19NO3/c1-9-7-8-14(11(9)13(16)17)12(15)10-5-3-2-4-6-10/h2-3,9-11H,4-8H2,1H3,(H,16,17). The lowest BCUT2D eigenvalue weighted by Crippen LogP contribution is -2.45. The third-order valence-electron chi connectivity index (χ3n) is 3.85. The average Bonchev–Trinajstić information content (AvgIpc) is 2.71. The number of carbonyl (C=O) groups excluding carboxylic acids is 1. The van der Waals surface area contributed by atoms with Crippen LogP contribution >= 0.6 is 0 Å². The number of carboxylic acid groups (broad SMARTS) is 1. The second-order valence-electron chi connectivity index (χ2n) is 5.06. The predicted octanol–water partition coefficient (Wildman–Crippen LogP) is 1.66. The van der Waals surface area contributed by atoms with Gasteiger partial charge in [-0.2, -0.15) is 0 Å². The van der Waals surface area contributed by atoms with Crippen molar-refractivity contribution in [2.45, 2.75) is 38.6 Å². The van der Waals surface area contributed by atoms with Crippen LogP contribution in [0.3, 0.4) is 0 Å². The van der Waals surface area contributed by atoms with Crippen molar-refractivity contribution in [3.8, 4) is 0 Å². The molecule has 3 atom stereocenters. The number of hydrogen-bond donors (Lipinski definition) is 1. The van der Waals surface area contributed by atoms with Gasteiger partial charge in [-0.1, -0.05) is 19.1 Å². The molecule has 2 rings (SSSR count). The Balaban J connectivity index is 2.08. The van der Waals surface area contributed by atoms with Crippen LogP contribution in [-0.4, -0.2) is 34.5 Å². The maximum absolute atomic E-state index is 12.3. The summed E-state index contributed by atoms with van der Waals surface area (Å²) in [5, 5.41) is 9.19. The molecule has 0 spiro atoms. The minimum Gasteiger partial charge on any atom is -0.480 e. The summed E-state index contributed by atoms with van der Waals surface area (Å²) in [7, 11) is 0. The van der Waals surface area contributed by atoms with E-state index in [-0.39, 0.29) is 17.7 Å². The quantitative estimate of drug-likeness (QED) is 0.743. The fourth-order valence-corrected chi connectivity index (χ4v) is 2.82. The number of rotatable bonds is 2. The summed E-state index contributed by atoms with van der Waals surface area (Å²) in [5.74, 6) is -0.775. The first-order chi connectivity index (χ1) is 8.11. The molecule has 1 fully saturated rings. The van der Waals surface area contributed by atoms with Gasteiger partial charge in [0.25, 0.3) is 0 Å². The van der Waals surface area contributed by atoms with Crippen LogP contribution in [0.2, 0.25) is 0 Å². The van der Waals surface area contributed by atoms with Gasteiger partial charge < -0.3 is 10.0 Å². The molecule has 1 aliphatic heterocycles. The van der Waals surface area contributed by atoms with Crippen LogP contribution in [0.25, 0.3) is 0 Å². The Labute approximate surface area is 101 Å². The fraction of sp³-hybridized carbons (Fsp3) is 0.692. The van der Waals surface area contributed by atoms with E-state index in [1.54, 1.807) is 4.90 Å². The molecule has 1 amide bonds. The molecule has 0 saturated carbocycles. The number of carbonyl (C=O) groups is 2. The van der Waals surface area contributed by atoms with Crippen molar-refractivity contribution in [3.05, 3.63) is 12.2 Å². The smallest absolute Gasteiger partial charge is 0.326 e. The first kappa shape index (κ1) is 12.1. The van der Waals surface area contributed by atoms with Crippen molar-refractivity contribution in [3.63, 3.8) is 0 Å². The lowest BCUT2D eigenvalue weighted by molar-refractivity contribution is -0.151. The third kappa shape index (κ3) is 2.35. The van der Waals surface area contributed by atoms with Gasteiger partial charge in [0.2, 0.25) is 5.91 Å². The molecule has 3 unspecified atom stereocenters. The number of amides is 1. The summed E-state index contributed by atoms with van der Waals surface area (Å²) in [4.78, 5) is 25.1. The Hall–Kier alpha value is -1.32. The van der Waals surface area contributed by atoms with Crippen molar-refractivity contribution < 1.29 is 14.7 Å².